The number of hydrogen-bond acceptors (Lipinski definition) is 6. The quantitative estimate of drug-likeness (QED) is 0.637. The Morgan fingerprint density at radius 1 is 1.37 bits per heavy atom. The second kappa shape index (κ2) is 7.44. The molecule has 1 aliphatic heterocycles. The molecule has 0 amide bonds. The molecule has 8 heteroatoms. The summed E-state index contributed by atoms with van der Waals surface area (Å²) in [5.41, 5.74) is 9.83. The molecule has 1 aliphatic rings. The van der Waals surface area contributed by atoms with Crippen LogP contribution in [-0.2, 0) is 6.54 Å². The predicted molar refractivity (Wildman–Crippen MR) is 106 cm³/mol. The molecule has 1 aromatic carbocycles. The van der Waals surface area contributed by atoms with Crippen LogP contribution in [0.5, 0.6) is 0 Å². The molecule has 0 radical (unpaired) electrons. The van der Waals surface area contributed by atoms with Crippen LogP contribution >= 0.6 is 11.6 Å². The summed E-state index contributed by atoms with van der Waals surface area (Å²) in [7, 11) is 0. The molecule has 1 saturated heterocycles. The van der Waals surface area contributed by atoms with Crippen molar-refractivity contribution in [2.45, 2.75) is 32.0 Å². The van der Waals surface area contributed by atoms with Crippen molar-refractivity contribution >= 4 is 28.6 Å². The van der Waals surface area contributed by atoms with Gasteiger partial charge in [-0.25, -0.2) is 9.50 Å². The number of benzene rings is 1. The maximum Gasteiger partial charge on any atom is 0.158 e. The zero-order chi connectivity index (χ0) is 19.0. The summed E-state index contributed by atoms with van der Waals surface area (Å²) >= 11 is 6.24. The number of nitrogens with one attached hydrogen (secondary N) is 1. The first-order valence-electron chi connectivity index (χ1n) is 9.01. The van der Waals surface area contributed by atoms with Crippen molar-refractivity contribution < 1.29 is 5.11 Å². The van der Waals surface area contributed by atoms with E-state index in [0.29, 0.717) is 18.1 Å². The number of β-amino-alcohol motifs (C(OH)–C–C–N with tert-alkyl or cyclic N) is 1. The number of aromatic nitrogens is 3. The maximum absolute atomic E-state index is 10.1. The first-order valence-corrected chi connectivity index (χ1v) is 9.39. The van der Waals surface area contributed by atoms with Gasteiger partial charge in [-0.1, -0.05) is 17.7 Å². The number of hydrogen-bond donors (Lipinski definition) is 3. The molecule has 0 saturated carbocycles. The van der Waals surface area contributed by atoms with Gasteiger partial charge in [-0.3, -0.25) is 4.90 Å². The minimum Gasteiger partial charge on any atom is -0.390 e. The van der Waals surface area contributed by atoms with Gasteiger partial charge in [0.25, 0.3) is 0 Å². The summed E-state index contributed by atoms with van der Waals surface area (Å²) in [4.78, 5) is 6.64. The predicted octanol–water partition coefficient (Wildman–Crippen LogP) is 2.33. The number of aliphatic hydroxyl groups excluding tert-OH is 1. The van der Waals surface area contributed by atoms with Gasteiger partial charge in [0.2, 0.25) is 0 Å². The Balaban J connectivity index is 1.62. The zero-order valence-electron chi connectivity index (χ0n) is 15.1. The van der Waals surface area contributed by atoms with E-state index < -0.39 is 6.10 Å². The van der Waals surface area contributed by atoms with Crippen molar-refractivity contribution in [1.29, 1.82) is 0 Å². The normalized spacial score (nSPS) is 20.9. The average molecular weight is 387 g/mol. The fourth-order valence-electron chi connectivity index (χ4n) is 3.44. The van der Waals surface area contributed by atoms with E-state index in [-0.39, 0.29) is 6.04 Å². The summed E-state index contributed by atoms with van der Waals surface area (Å²) < 4.78 is 1.81. The molecule has 0 unspecified atom stereocenters. The molecule has 7 nitrogen and oxygen atoms in total. The number of nitrogens with zero attached hydrogens (tertiary/aromatic N) is 4. The Hall–Kier alpha value is -2.19. The van der Waals surface area contributed by atoms with E-state index in [1.165, 1.54) is 6.33 Å². The molecule has 4 N–H and O–H groups in total. The van der Waals surface area contributed by atoms with Crippen molar-refractivity contribution in [2.24, 2.45) is 5.73 Å². The molecule has 3 aromatic rings. The molecule has 2 aromatic heterocycles. The fraction of sp³-hybridized carbons (Fsp3) is 0.368. The standard InChI is InChI=1S/C19H23ClN6O/c1-12-2-3-14(8-15(12)20)24-19-18-13(4-7-26(18)23-11-22-19)9-25-6-5-16(21)17(27)10-25/h2-4,7-8,11,16-17,27H,5-6,9-10,21H2,1H3,(H,22,23,24)/t16-,17-/m1/s1. The Bertz CT molecular complexity index is 959. The van der Waals surface area contributed by atoms with E-state index >= 15 is 0 Å². The molecule has 0 aliphatic carbocycles. The Labute approximate surface area is 162 Å². The van der Waals surface area contributed by atoms with E-state index in [1.807, 2.05) is 41.9 Å². The van der Waals surface area contributed by atoms with Crippen molar-refractivity contribution in [2.75, 3.05) is 18.4 Å². The van der Waals surface area contributed by atoms with Gasteiger partial charge in [0.1, 0.15) is 11.8 Å². The van der Waals surface area contributed by atoms with Crippen LogP contribution in [0.4, 0.5) is 11.5 Å². The number of rotatable bonds is 4. The van der Waals surface area contributed by atoms with Crippen LogP contribution in [0.2, 0.25) is 5.02 Å². The fourth-order valence-corrected chi connectivity index (χ4v) is 3.63. The second-order valence-electron chi connectivity index (χ2n) is 7.09. The van der Waals surface area contributed by atoms with Crippen molar-refractivity contribution in [3.63, 3.8) is 0 Å². The molecule has 1 fully saturated rings. The van der Waals surface area contributed by atoms with Crippen molar-refractivity contribution in [3.05, 3.63) is 52.9 Å². The highest BCUT2D eigenvalue weighted by atomic mass is 35.5. The molecular weight excluding hydrogens is 364 g/mol. The zero-order valence-corrected chi connectivity index (χ0v) is 15.9. The van der Waals surface area contributed by atoms with Gasteiger partial charge in [0.15, 0.2) is 5.82 Å². The topological polar surface area (TPSA) is 91.7 Å². The van der Waals surface area contributed by atoms with E-state index in [1.54, 1.807) is 0 Å². The van der Waals surface area contributed by atoms with Gasteiger partial charge < -0.3 is 16.2 Å². The smallest absolute Gasteiger partial charge is 0.158 e. The van der Waals surface area contributed by atoms with Crippen LogP contribution in [0.3, 0.4) is 0 Å². The van der Waals surface area contributed by atoms with E-state index in [9.17, 15) is 5.11 Å². The van der Waals surface area contributed by atoms with E-state index in [4.69, 9.17) is 17.3 Å². The lowest BCUT2D eigenvalue weighted by Crippen LogP contribution is -2.50. The summed E-state index contributed by atoms with van der Waals surface area (Å²) in [6.45, 7) is 4.11. The van der Waals surface area contributed by atoms with Crippen LogP contribution < -0.4 is 11.1 Å². The lowest BCUT2D eigenvalue weighted by molar-refractivity contribution is 0.0501. The number of halogens is 1. The third-order valence-corrected chi connectivity index (χ3v) is 5.49. The molecule has 0 spiro atoms. The first-order chi connectivity index (χ1) is 13.0. The highest BCUT2D eigenvalue weighted by Gasteiger charge is 2.25. The Morgan fingerprint density at radius 2 is 2.22 bits per heavy atom. The highest BCUT2D eigenvalue weighted by molar-refractivity contribution is 6.31. The van der Waals surface area contributed by atoms with Crippen LogP contribution in [-0.4, -0.2) is 49.8 Å². The van der Waals surface area contributed by atoms with Crippen LogP contribution in [0.15, 0.2) is 36.8 Å². The number of aryl methyl sites for hydroxylation is 1. The molecular formula is C19H23ClN6O. The van der Waals surface area contributed by atoms with Gasteiger partial charge in [-0.15, -0.1) is 0 Å². The molecule has 27 heavy (non-hydrogen) atoms. The summed E-state index contributed by atoms with van der Waals surface area (Å²) in [6.07, 6.45) is 3.75. The monoisotopic (exact) mass is 386 g/mol. The second-order valence-corrected chi connectivity index (χ2v) is 7.49. The van der Waals surface area contributed by atoms with Crippen molar-refractivity contribution in [3.8, 4) is 0 Å². The van der Waals surface area contributed by atoms with Gasteiger partial charge in [-0.05, 0) is 42.7 Å². The van der Waals surface area contributed by atoms with Crippen LogP contribution in [0, 0.1) is 6.92 Å². The molecule has 0 bridgehead atoms. The largest absolute Gasteiger partial charge is 0.390 e. The summed E-state index contributed by atoms with van der Waals surface area (Å²) in [5.74, 6) is 0.721. The SMILES string of the molecule is Cc1ccc(Nc2ncnn3ccc(CN4CC[C@@H](N)[C@H](O)C4)c23)cc1Cl. The first kappa shape index (κ1) is 18.2. The van der Waals surface area contributed by atoms with Gasteiger partial charge >= 0.3 is 0 Å². The lowest BCUT2D eigenvalue weighted by Gasteiger charge is -2.33. The molecule has 3 heterocycles. The van der Waals surface area contributed by atoms with Crippen molar-refractivity contribution in [1.82, 2.24) is 19.5 Å². The minimum atomic E-state index is -0.490. The molecule has 4 rings (SSSR count). The Kier molecular flexibility index (Phi) is 5.01. The summed E-state index contributed by atoms with van der Waals surface area (Å²) in [6, 6.07) is 7.74. The summed E-state index contributed by atoms with van der Waals surface area (Å²) in [5, 5.41) is 18.4. The third-order valence-electron chi connectivity index (χ3n) is 5.08. The lowest BCUT2D eigenvalue weighted by atomic mass is 10.0. The van der Waals surface area contributed by atoms with E-state index in [2.05, 4.69) is 20.3 Å². The number of aliphatic hydroxyl groups is 1. The number of nitrogens with two attached hydrogens (primary N) is 1. The van der Waals surface area contributed by atoms with Crippen LogP contribution in [0.1, 0.15) is 17.5 Å². The van der Waals surface area contributed by atoms with E-state index in [0.717, 1.165) is 41.1 Å². The Morgan fingerprint density at radius 3 is 3.00 bits per heavy atom. The average Bonchev–Trinajstić information content (AvgIpc) is 3.05. The number of fused-ring (bicyclic) bond motifs is 1. The van der Waals surface area contributed by atoms with Gasteiger partial charge in [0, 0.05) is 42.6 Å². The van der Waals surface area contributed by atoms with Gasteiger partial charge in [-0.2, -0.15) is 5.10 Å². The van der Waals surface area contributed by atoms with Gasteiger partial charge in [0.05, 0.1) is 6.10 Å². The van der Waals surface area contributed by atoms with Crippen LogP contribution in [0.25, 0.3) is 5.52 Å². The highest BCUT2D eigenvalue weighted by Crippen LogP contribution is 2.27. The number of piperidine rings is 1. The third kappa shape index (κ3) is 3.77. The molecule has 2 atom stereocenters. The minimum absolute atomic E-state index is 0.140. The molecule has 142 valence electrons. The number of anilines is 2. The maximum atomic E-state index is 10.1. The number of likely N-dealkylation sites (tertiary alicyclic amines) is 1.